The number of amides is 1. The summed E-state index contributed by atoms with van der Waals surface area (Å²) < 4.78 is 10.5. The maximum absolute atomic E-state index is 12.2. The number of nitrogens with zero attached hydrogens (tertiary/aromatic N) is 2. The van der Waals surface area contributed by atoms with Crippen molar-refractivity contribution in [2.24, 2.45) is 5.92 Å². The van der Waals surface area contributed by atoms with Crippen molar-refractivity contribution in [1.29, 1.82) is 5.26 Å². The van der Waals surface area contributed by atoms with Crippen molar-refractivity contribution in [3.63, 3.8) is 0 Å². The van der Waals surface area contributed by atoms with Gasteiger partial charge < -0.3 is 24.8 Å². The van der Waals surface area contributed by atoms with Crippen LogP contribution in [0.1, 0.15) is 18.4 Å². The van der Waals surface area contributed by atoms with Crippen LogP contribution < -0.4 is 14.8 Å². The van der Waals surface area contributed by atoms with Crippen molar-refractivity contribution >= 4 is 11.9 Å². The van der Waals surface area contributed by atoms with Crippen molar-refractivity contribution in [2.75, 3.05) is 19.9 Å². The molecule has 0 atom stereocenters. The van der Waals surface area contributed by atoms with Crippen LogP contribution in [0.4, 0.5) is 0 Å². The fraction of sp³-hybridized carbons (Fsp3) is 0.389. The van der Waals surface area contributed by atoms with E-state index in [-0.39, 0.29) is 24.8 Å². The zero-order valence-electron chi connectivity index (χ0n) is 14.1. The summed E-state index contributed by atoms with van der Waals surface area (Å²) in [6, 6.07) is 7.29. The molecule has 0 unspecified atom stereocenters. The number of fused-ring (bicyclic) bond motifs is 1. The molecule has 3 rings (SSSR count). The number of carboxylic acids is 1. The van der Waals surface area contributed by atoms with Crippen LogP contribution in [0, 0.1) is 17.2 Å². The monoisotopic (exact) mass is 357 g/mol. The number of piperidine rings is 1. The van der Waals surface area contributed by atoms with Crippen LogP contribution in [0.25, 0.3) is 0 Å². The molecule has 1 aromatic rings. The number of rotatable bonds is 5. The third-order valence-electron chi connectivity index (χ3n) is 4.45. The summed E-state index contributed by atoms with van der Waals surface area (Å²) in [6.45, 7) is 1.47. The van der Waals surface area contributed by atoms with Crippen molar-refractivity contribution < 1.29 is 24.2 Å². The maximum Gasteiger partial charge on any atom is 0.306 e. The minimum absolute atomic E-state index is 0.000446. The Labute approximate surface area is 150 Å². The first-order valence-electron chi connectivity index (χ1n) is 8.32. The van der Waals surface area contributed by atoms with Gasteiger partial charge >= 0.3 is 5.97 Å². The van der Waals surface area contributed by atoms with Crippen molar-refractivity contribution in [3.05, 3.63) is 35.5 Å². The molecular formula is C18H19N3O5. The second-order valence-electron chi connectivity index (χ2n) is 6.17. The zero-order chi connectivity index (χ0) is 18.5. The number of hydrogen-bond donors (Lipinski definition) is 2. The Bertz CT molecular complexity index is 776. The average Bonchev–Trinajstić information content (AvgIpc) is 3.12. The Hall–Kier alpha value is -3.21. The van der Waals surface area contributed by atoms with Crippen molar-refractivity contribution in [3.8, 4) is 17.6 Å². The van der Waals surface area contributed by atoms with Crippen LogP contribution in [-0.4, -0.2) is 41.8 Å². The molecule has 0 bridgehead atoms. The van der Waals surface area contributed by atoms with Crippen LogP contribution in [-0.2, 0) is 16.1 Å². The minimum Gasteiger partial charge on any atom is -0.481 e. The SMILES string of the molecule is N#C/C(=C/N1CCC(C(=O)O)CC1)C(=O)NCc1ccc2c(c1)OCO2. The maximum atomic E-state index is 12.2. The molecule has 2 N–H and O–H groups in total. The predicted molar refractivity (Wildman–Crippen MR) is 90.0 cm³/mol. The number of hydrogen-bond acceptors (Lipinski definition) is 6. The number of likely N-dealkylation sites (tertiary alicyclic amines) is 1. The van der Waals surface area contributed by atoms with Gasteiger partial charge in [0.25, 0.3) is 5.91 Å². The largest absolute Gasteiger partial charge is 0.481 e. The summed E-state index contributed by atoms with van der Waals surface area (Å²) >= 11 is 0. The van der Waals surface area contributed by atoms with Gasteiger partial charge in [-0.05, 0) is 30.5 Å². The molecule has 1 saturated heterocycles. The van der Waals surface area contributed by atoms with Gasteiger partial charge in [-0.25, -0.2) is 0 Å². The highest BCUT2D eigenvalue weighted by Gasteiger charge is 2.24. The van der Waals surface area contributed by atoms with E-state index in [2.05, 4.69) is 5.32 Å². The van der Waals surface area contributed by atoms with Crippen LogP contribution in [0.3, 0.4) is 0 Å². The van der Waals surface area contributed by atoms with E-state index in [0.29, 0.717) is 37.4 Å². The van der Waals surface area contributed by atoms with Gasteiger partial charge in [0, 0.05) is 25.8 Å². The molecule has 2 aliphatic rings. The molecule has 0 aliphatic carbocycles. The van der Waals surface area contributed by atoms with Gasteiger partial charge in [0.05, 0.1) is 5.92 Å². The summed E-state index contributed by atoms with van der Waals surface area (Å²) in [6.07, 6.45) is 2.51. The number of aliphatic carboxylic acids is 1. The predicted octanol–water partition coefficient (Wildman–Crippen LogP) is 1.24. The molecular weight excluding hydrogens is 338 g/mol. The molecule has 1 fully saturated rings. The van der Waals surface area contributed by atoms with E-state index in [1.165, 1.54) is 6.20 Å². The van der Waals surface area contributed by atoms with E-state index in [1.807, 2.05) is 17.0 Å². The molecule has 0 spiro atoms. The molecule has 8 heteroatoms. The molecule has 0 radical (unpaired) electrons. The highest BCUT2D eigenvalue weighted by Crippen LogP contribution is 2.32. The van der Waals surface area contributed by atoms with E-state index in [9.17, 15) is 14.9 Å². The molecule has 0 aromatic heterocycles. The van der Waals surface area contributed by atoms with Gasteiger partial charge in [0.15, 0.2) is 11.5 Å². The lowest BCUT2D eigenvalue weighted by Crippen LogP contribution is -2.34. The number of carbonyl (C=O) groups is 2. The number of carbonyl (C=O) groups excluding carboxylic acids is 1. The summed E-state index contributed by atoms with van der Waals surface area (Å²) in [5, 5.41) is 21.0. The van der Waals surface area contributed by atoms with Gasteiger partial charge in [-0.3, -0.25) is 9.59 Å². The Morgan fingerprint density at radius 1 is 1.31 bits per heavy atom. The number of ether oxygens (including phenoxy) is 2. The Morgan fingerprint density at radius 2 is 2.04 bits per heavy atom. The quantitative estimate of drug-likeness (QED) is 0.602. The van der Waals surface area contributed by atoms with Crippen molar-refractivity contribution in [1.82, 2.24) is 10.2 Å². The smallest absolute Gasteiger partial charge is 0.306 e. The Morgan fingerprint density at radius 3 is 2.73 bits per heavy atom. The minimum atomic E-state index is -0.796. The molecule has 8 nitrogen and oxygen atoms in total. The van der Waals surface area contributed by atoms with E-state index >= 15 is 0 Å². The van der Waals surface area contributed by atoms with Gasteiger partial charge in [-0.15, -0.1) is 0 Å². The van der Waals surface area contributed by atoms with Crippen LogP contribution >= 0.6 is 0 Å². The second-order valence-corrected chi connectivity index (χ2v) is 6.17. The molecule has 0 saturated carbocycles. The van der Waals surface area contributed by atoms with Crippen LogP contribution in [0.15, 0.2) is 30.0 Å². The number of benzene rings is 1. The zero-order valence-corrected chi connectivity index (χ0v) is 14.1. The Kier molecular flexibility index (Phi) is 5.27. The van der Waals surface area contributed by atoms with Crippen molar-refractivity contribution in [2.45, 2.75) is 19.4 Å². The lowest BCUT2D eigenvalue weighted by molar-refractivity contribution is -0.143. The first-order valence-corrected chi connectivity index (χ1v) is 8.32. The molecule has 1 amide bonds. The van der Waals surface area contributed by atoms with Gasteiger partial charge in [0.1, 0.15) is 11.6 Å². The fourth-order valence-electron chi connectivity index (χ4n) is 2.92. The first kappa shape index (κ1) is 17.6. The Balaban J connectivity index is 1.55. The third-order valence-corrected chi connectivity index (χ3v) is 4.45. The van der Waals surface area contributed by atoms with E-state index < -0.39 is 11.9 Å². The lowest BCUT2D eigenvalue weighted by Gasteiger charge is -2.29. The van der Waals surface area contributed by atoms with Gasteiger partial charge in [-0.2, -0.15) is 5.26 Å². The molecule has 1 aromatic carbocycles. The average molecular weight is 357 g/mol. The summed E-state index contributed by atoms with van der Waals surface area (Å²) in [5.41, 5.74) is 0.835. The molecule has 136 valence electrons. The topological polar surface area (TPSA) is 112 Å². The highest BCUT2D eigenvalue weighted by atomic mass is 16.7. The van der Waals surface area contributed by atoms with Crippen LogP contribution in [0.2, 0.25) is 0 Å². The fourth-order valence-corrected chi connectivity index (χ4v) is 2.92. The number of carboxylic acid groups (broad SMARTS) is 1. The number of nitrogens with one attached hydrogen (secondary N) is 1. The normalized spacial score (nSPS) is 16.9. The van der Waals surface area contributed by atoms with Crippen LogP contribution in [0.5, 0.6) is 11.5 Å². The molecule has 2 heterocycles. The first-order chi connectivity index (χ1) is 12.6. The summed E-state index contributed by atoms with van der Waals surface area (Å²) in [5.74, 6) is -0.317. The lowest BCUT2D eigenvalue weighted by atomic mass is 9.97. The van der Waals surface area contributed by atoms with Gasteiger partial charge in [0.2, 0.25) is 6.79 Å². The third kappa shape index (κ3) is 4.06. The van der Waals surface area contributed by atoms with E-state index in [0.717, 1.165) is 5.56 Å². The number of nitriles is 1. The second kappa shape index (κ2) is 7.78. The standard InChI is InChI=1S/C18H19N3O5/c19-8-14(10-21-5-3-13(4-6-21)18(23)24)17(22)20-9-12-1-2-15-16(7-12)26-11-25-15/h1-2,7,10,13H,3-6,9,11H2,(H,20,22)(H,23,24)/b14-10-. The summed E-state index contributed by atoms with van der Waals surface area (Å²) in [7, 11) is 0. The van der Waals surface area contributed by atoms with E-state index in [1.54, 1.807) is 12.1 Å². The molecule has 2 aliphatic heterocycles. The highest BCUT2D eigenvalue weighted by molar-refractivity contribution is 5.97. The summed E-state index contributed by atoms with van der Waals surface area (Å²) in [4.78, 5) is 25.0. The van der Waals surface area contributed by atoms with Gasteiger partial charge in [-0.1, -0.05) is 6.07 Å². The molecule has 26 heavy (non-hydrogen) atoms. The van der Waals surface area contributed by atoms with E-state index in [4.69, 9.17) is 14.6 Å².